The van der Waals surface area contributed by atoms with E-state index >= 15 is 0 Å². The van der Waals surface area contributed by atoms with Gasteiger partial charge in [-0.2, -0.15) is 5.11 Å². The average molecular weight is 537 g/mol. The molecule has 4 atom stereocenters. The highest BCUT2D eigenvalue weighted by Gasteiger charge is 2.34. The minimum absolute atomic E-state index is 0.0886. The summed E-state index contributed by atoms with van der Waals surface area (Å²) in [6.07, 6.45) is 4.03. The zero-order valence-corrected chi connectivity index (χ0v) is 23.0. The van der Waals surface area contributed by atoms with Crippen LogP contribution in [0.4, 0.5) is 5.69 Å². The quantitative estimate of drug-likeness (QED) is 0.385. The highest BCUT2D eigenvalue weighted by Crippen LogP contribution is 2.41. The molecule has 1 saturated carbocycles. The molecule has 0 bridgehead atoms. The van der Waals surface area contributed by atoms with Gasteiger partial charge >= 0.3 is 0 Å². The summed E-state index contributed by atoms with van der Waals surface area (Å²) in [6, 6.07) is 14.7. The predicted octanol–water partition coefficient (Wildman–Crippen LogP) is 4.97. The van der Waals surface area contributed by atoms with Crippen LogP contribution in [-0.4, -0.2) is 70.1 Å². The number of aliphatic hydroxyl groups is 1. The van der Waals surface area contributed by atoms with Gasteiger partial charge in [0, 0.05) is 26.2 Å². The van der Waals surface area contributed by atoms with Gasteiger partial charge < -0.3 is 29.0 Å². The molecule has 1 unspecified atom stereocenters. The van der Waals surface area contributed by atoms with Crippen molar-refractivity contribution in [2.75, 3.05) is 52.0 Å². The number of benzene rings is 2. The molecule has 1 fully saturated rings. The van der Waals surface area contributed by atoms with Crippen molar-refractivity contribution >= 4 is 11.4 Å². The Kier molecular flexibility index (Phi) is 9.44. The number of nitrogens with zero attached hydrogens (tertiary/aromatic N) is 4. The number of fused-ring (bicyclic) bond motifs is 1. The molecule has 9 heteroatoms. The molecular weight excluding hydrogens is 496 g/mol. The van der Waals surface area contributed by atoms with Crippen LogP contribution in [0.5, 0.6) is 11.5 Å². The van der Waals surface area contributed by atoms with Gasteiger partial charge in [-0.3, -0.25) is 0 Å². The number of methoxy groups -OCH3 is 2. The molecule has 0 amide bonds. The van der Waals surface area contributed by atoms with E-state index in [0.717, 1.165) is 68.1 Å². The van der Waals surface area contributed by atoms with Gasteiger partial charge in [-0.05, 0) is 78.6 Å². The number of anilines is 1. The molecule has 2 aliphatic heterocycles. The molecule has 2 heterocycles. The van der Waals surface area contributed by atoms with Crippen LogP contribution >= 0.6 is 0 Å². The lowest BCUT2D eigenvalue weighted by Gasteiger charge is -2.37. The first-order valence-corrected chi connectivity index (χ1v) is 14.0. The Morgan fingerprint density at radius 2 is 2.00 bits per heavy atom. The topological polar surface area (TPSA) is 97.5 Å². The molecule has 1 N–H and O–H groups in total. The van der Waals surface area contributed by atoms with Crippen LogP contribution in [0.25, 0.3) is 0 Å². The molecule has 5 rings (SSSR count). The Bertz CT molecular complexity index is 1140. The van der Waals surface area contributed by atoms with Crippen LogP contribution in [-0.2, 0) is 16.1 Å². The van der Waals surface area contributed by atoms with E-state index in [4.69, 9.17) is 18.9 Å². The van der Waals surface area contributed by atoms with Crippen molar-refractivity contribution in [3.63, 3.8) is 0 Å². The first kappa shape index (κ1) is 27.6. The molecule has 3 aliphatic rings. The fourth-order valence-corrected chi connectivity index (χ4v) is 5.94. The van der Waals surface area contributed by atoms with Crippen molar-refractivity contribution in [1.29, 1.82) is 0 Å². The van der Waals surface area contributed by atoms with Gasteiger partial charge in [0.05, 0.1) is 43.9 Å². The second kappa shape index (κ2) is 13.4. The minimum Gasteiger partial charge on any atom is -0.497 e. The molecule has 0 radical (unpaired) electrons. The van der Waals surface area contributed by atoms with Gasteiger partial charge in [0.1, 0.15) is 24.7 Å². The van der Waals surface area contributed by atoms with Gasteiger partial charge in [-0.25, -0.2) is 0 Å². The Morgan fingerprint density at radius 1 is 1.13 bits per heavy atom. The summed E-state index contributed by atoms with van der Waals surface area (Å²) < 4.78 is 23.2. The van der Waals surface area contributed by atoms with Crippen molar-refractivity contribution in [2.45, 2.75) is 56.8 Å². The van der Waals surface area contributed by atoms with Gasteiger partial charge in [0.2, 0.25) is 0 Å². The molecule has 39 heavy (non-hydrogen) atoms. The Labute approximate surface area is 230 Å². The van der Waals surface area contributed by atoms with E-state index in [1.54, 1.807) is 14.2 Å². The molecule has 0 spiro atoms. The van der Waals surface area contributed by atoms with Gasteiger partial charge in [-0.15, -0.1) is 5.10 Å². The van der Waals surface area contributed by atoms with E-state index in [-0.39, 0.29) is 12.0 Å². The van der Waals surface area contributed by atoms with Crippen molar-refractivity contribution in [1.82, 2.24) is 0 Å². The van der Waals surface area contributed by atoms with E-state index in [1.165, 1.54) is 5.56 Å². The van der Waals surface area contributed by atoms with Crippen LogP contribution < -0.4 is 14.4 Å². The van der Waals surface area contributed by atoms with Crippen LogP contribution in [0, 0.1) is 5.92 Å². The number of hydrogen-bond donors (Lipinski definition) is 1. The summed E-state index contributed by atoms with van der Waals surface area (Å²) >= 11 is 0. The monoisotopic (exact) mass is 536 g/mol. The maximum atomic E-state index is 10.7. The fraction of sp³-hybridized carbons (Fsp3) is 0.567. The van der Waals surface area contributed by atoms with Crippen LogP contribution in [0.1, 0.15) is 49.1 Å². The lowest BCUT2D eigenvalue weighted by Crippen LogP contribution is -2.34. The zero-order valence-electron chi connectivity index (χ0n) is 23.0. The van der Waals surface area contributed by atoms with E-state index in [0.29, 0.717) is 37.8 Å². The lowest BCUT2D eigenvalue weighted by molar-refractivity contribution is -0.0120. The Morgan fingerprint density at radius 3 is 2.77 bits per heavy atom. The van der Waals surface area contributed by atoms with Crippen molar-refractivity contribution in [3.8, 4) is 11.5 Å². The van der Waals surface area contributed by atoms with E-state index in [1.807, 2.05) is 12.1 Å². The first-order chi connectivity index (χ1) is 19.1. The maximum Gasteiger partial charge on any atom is 0.142 e. The third kappa shape index (κ3) is 6.96. The molecule has 0 saturated heterocycles. The first-order valence-electron chi connectivity index (χ1n) is 14.0. The van der Waals surface area contributed by atoms with E-state index in [2.05, 4.69) is 50.7 Å². The van der Waals surface area contributed by atoms with E-state index in [9.17, 15) is 5.11 Å². The summed E-state index contributed by atoms with van der Waals surface area (Å²) in [7, 11) is 3.43. The maximum absolute atomic E-state index is 10.7. The highest BCUT2D eigenvalue weighted by molar-refractivity contribution is 5.91. The van der Waals surface area contributed by atoms with Gasteiger partial charge in [-0.1, -0.05) is 18.2 Å². The lowest BCUT2D eigenvalue weighted by atomic mass is 9.74. The summed E-state index contributed by atoms with van der Waals surface area (Å²) in [5.41, 5.74) is 4.19. The van der Waals surface area contributed by atoms with Gasteiger partial charge in [0.15, 0.2) is 0 Å². The Hall–Kier alpha value is -3.01. The molecule has 210 valence electrons. The third-order valence-corrected chi connectivity index (χ3v) is 8.07. The fourth-order valence-electron chi connectivity index (χ4n) is 5.94. The molecule has 0 aromatic heterocycles. The largest absolute Gasteiger partial charge is 0.497 e. The number of ether oxygens (including phenoxy) is 4. The van der Waals surface area contributed by atoms with E-state index < -0.39 is 6.10 Å². The van der Waals surface area contributed by atoms with Crippen molar-refractivity contribution in [3.05, 3.63) is 53.6 Å². The number of aliphatic hydroxyl groups excluding tert-OH is 1. The highest BCUT2D eigenvalue weighted by atomic mass is 16.5. The minimum atomic E-state index is -0.594. The van der Waals surface area contributed by atoms with Crippen LogP contribution in [0.2, 0.25) is 0 Å². The van der Waals surface area contributed by atoms with Crippen LogP contribution in [0.3, 0.4) is 0 Å². The summed E-state index contributed by atoms with van der Waals surface area (Å²) in [5, 5.41) is 22.3. The third-order valence-electron chi connectivity index (χ3n) is 8.07. The summed E-state index contributed by atoms with van der Waals surface area (Å²) in [6.45, 7) is 4.22. The molecular formula is C30H40N4O5. The summed E-state index contributed by atoms with van der Waals surface area (Å²) in [4.78, 5) is 2.38. The zero-order chi connectivity index (χ0) is 27.0. The molecule has 2 aromatic rings. The Balaban J connectivity index is 1.26. The second-order valence-electron chi connectivity index (χ2n) is 10.6. The SMILES string of the molecule is COCCCN1CCOc2ccc(CO[C@H]3CC[C@@H](CC(O)C4=NN=NC4)C[C@@H]3c3ccc(OC)cc3)cc21. The number of hydrogen-bond acceptors (Lipinski definition) is 9. The predicted molar refractivity (Wildman–Crippen MR) is 150 cm³/mol. The summed E-state index contributed by atoms with van der Waals surface area (Å²) in [5.74, 6) is 2.38. The standard InChI is InChI=1S/C30H40N4O5/c1-36-14-3-12-34-13-15-38-30-11-5-22(17-27(30)34)20-39-29-10-4-21(18-28(35)26-19-31-33-32-26)16-25(29)23-6-8-24(37-2)9-7-23/h5-9,11,17,21,25,28-29,35H,3-4,10,12-16,18-20H2,1-2H3/t21-,25-,28?,29+/m1/s1. The van der Waals surface area contributed by atoms with Crippen molar-refractivity contribution < 1.29 is 24.1 Å². The van der Waals surface area contributed by atoms with Crippen molar-refractivity contribution in [2.24, 2.45) is 21.4 Å². The van der Waals surface area contributed by atoms with Crippen LogP contribution in [0.15, 0.2) is 57.9 Å². The number of rotatable bonds is 12. The second-order valence-corrected chi connectivity index (χ2v) is 10.6. The molecule has 1 aliphatic carbocycles. The average Bonchev–Trinajstić information content (AvgIpc) is 3.52. The molecule has 9 nitrogen and oxygen atoms in total. The smallest absolute Gasteiger partial charge is 0.142 e. The van der Waals surface area contributed by atoms with Gasteiger partial charge in [0.25, 0.3) is 0 Å². The molecule has 2 aromatic carbocycles. The normalized spacial score (nSPS) is 23.2.